The molecule has 0 amide bonds. The second kappa shape index (κ2) is 13.2. The van der Waals surface area contributed by atoms with Gasteiger partial charge in [0.15, 0.2) is 0 Å². The molecule has 0 aliphatic heterocycles. The molecule has 0 spiro atoms. The van der Waals surface area contributed by atoms with Crippen molar-refractivity contribution in [2.75, 3.05) is 0 Å². The number of hydrogen-bond donors (Lipinski definition) is 1. The van der Waals surface area contributed by atoms with Crippen molar-refractivity contribution in [3.63, 3.8) is 0 Å². The molecule has 2 aromatic heterocycles. The first kappa shape index (κ1) is 33.5. The van der Waals surface area contributed by atoms with Crippen molar-refractivity contribution < 1.29 is 0 Å². The number of para-hydroxylation sites is 4. The van der Waals surface area contributed by atoms with Crippen molar-refractivity contribution in [1.29, 1.82) is 0 Å². The predicted molar refractivity (Wildman–Crippen MR) is 252 cm³/mol. The quantitative estimate of drug-likeness (QED) is 0.169. The Balaban J connectivity index is 1.23. The Labute approximate surface area is 342 Å². The van der Waals surface area contributed by atoms with Crippen molar-refractivity contribution in [3.8, 4) is 55.6 Å². The average molecular weight is 751 g/mol. The molecule has 0 saturated heterocycles. The Kier molecular flexibility index (Phi) is 7.48. The van der Waals surface area contributed by atoms with Crippen LogP contribution in [0.4, 0.5) is 0 Å². The summed E-state index contributed by atoms with van der Waals surface area (Å²) in [5.74, 6) is 0. The van der Waals surface area contributed by atoms with Crippen LogP contribution in [0.1, 0.15) is 0 Å². The van der Waals surface area contributed by atoms with E-state index in [4.69, 9.17) is 0 Å². The number of nitrogens with one attached hydrogen (secondary N) is 1. The maximum absolute atomic E-state index is 3.82. The van der Waals surface area contributed by atoms with E-state index >= 15 is 0 Å². The minimum absolute atomic E-state index is 1.15. The highest BCUT2D eigenvalue weighted by Crippen LogP contribution is 2.48. The molecule has 0 atom stereocenters. The van der Waals surface area contributed by atoms with E-state index in [0.29, 0.717) is 0 Å². The monoisotopic (exact) mass is 750 g/mol. The molecule has 276 valence electrons. The maximum Gasteiger partial charge on any atom is 0.0568 e. The van der Waals surface area contributed by atoms with Crippen molar-refractivity contribution in [2.24, 2.45) is 7.05 Å². The summed E-state index contributed by atoms with van der Waals surface area (Å²) in [6.07, 6.45) is 0. The van der Waals surface area contributed by atoms with Gasteiger partial charge in [0.05, 0.1) is 11.0 Å². The van der Waals surface area contributed by atoms with Crippen molar-refractivity contribution >= 4 is 65.2 Å². The first-order valence-corrected chi connectivity index (χ1v) is 20.4. The summed E-state index contributed by atoms with van der Waals surface area (Å²) >= 11 is 0. The molecule has 1 N–H and O–H groups in total. The standard InChI is InChI=1S/C57H38N2/c1-59-54-31-11-9-21-42(54)49-29-15-28-48(57(49)59)40-23-13-25-44-52(40)35-51-39(46-26-14-27-47-41-20-8-10-30-53(41)58-56(46)47)22-12-24-43(51)55(44)45-33-32-38(36-16-4-2-5-17-36)34-50(45)37-18-6-3-7-19-37/h2-35,58H,1H3. The summed E-state index contributed by atoms with van der Waals surface area (Å²) in [6.45, 7) is 0. The van der Waals surface area contributed by atoms with E-state index in [9.17, 15) is 0 Å². The van der Waals surface area contributed by atoms with Crippen molar-refractivity contribution in [2.45, 2.75) is 0 Å². The maximum atomic E-state index is 3.82. The molecule has 2 heterocycles. The van der Waals surface area contributed by atoms with Gasteiger partial charge >= 0.3 is 0 Å². The van der Waals surface area contributed by atoms with E-state index in [2.05, 4.69) is 223 Å². The van der Waals surface area contributed by atoms with E-state index in [1.807, 2.05) is 0 Å². The zero-order valence-corrected chi connectivity index (χ0v) is 32.6. The third-order valence-electron chi connectivity index (χ3n) is 12.6. The average Bonchev–Trinajstić information content (AvgIpc) is 3.83. The van der Waals surface area contributed by atoms with Gasteiger partial charge in [-0.25, -0.2) is 0 Å². The molecule has 0 fully saturated rings. The Morgan fingerprint density at radius 3 is 1.63 bits per heavy atom. The highest BCUT2D eigenvalue weighted by Gasteiger charge is 2.22. The van der Waals surface area contributed by atoms with Gasteiger partial charge < -0.3 is 9.55 Å². The minimum Gasteiger partial charge on any atom is -0.354 e. The molecule has 2 heteroatoms. The molecule has 59 heavy (non-hydrogen) atoms. The molecular weight excluding hydrogens is 713 g/mol. The Bertz CT molecular complexity index is 3610. The lowest BCUT2D eigenvalue weighted by Crippen LogP contribution is -1.94. The summed E-state index contributed by atoms with van der Waals surface area (Å²) < 4.78 is 2.37. The van der Waals surface area contributed by atoms with Gasteiger partial charge in [-0.1, -0.05) is 182 Å². The van der Waals surface area contributed by atoms with E-state index in [1.54, 1.807) is 0 Å². The number of aromatic amines is 1. The minimum atomic E-state index is 1.15. The lowest BCUT2D eigenvalue weighted by atomic mass is 9.83. The van der Waals surface area contributed by atoms with Crippen LogP contribution in [0.15, 0.2) is 206 Å². The topological polar surface area (TPSA) is 20.7 Å². The SMILES string of the molecule is Cn1c2ccccc2c2cccc(-c3cccc4c(-c5ccc(-c6ccccc6)cc5-c5ccccc5)c5cccc(-c6cccc7c6[nH]c6ccccc67)c5cc34)c21. The lowest BCUT2D eigenvalue weighted by molar-refractivity contribution is 1.02. The zero-order chi connectivity index (χ0) is 39.0. The molecule has 0 bridgehead atoms. The third-order valence-corrected chi connectivity index (χ3v) is 12.6. The normalized spacial score (nSPS) is 11.8. The molecule has 12 rings (SSSR count). The van der Waals surface area contributed by atoms with Crippen LogP contribution in [-0.4, -0.2) is 9.55 Å². The summed E-state index contributed by atoms with van der Waals surface area (Å²) in [7, 11) is 2.21. The van der Waals surface area contributed by atoms with E-state index in [0.717, 1.165) is 11.0 Å². The number of H-pyrrole nitrogens is 1. The first-order valence-electron chi connectivity index (χ1n) is 20.4. The van der Waals surface area contributed by atoms with Crippen LogP contribution in [0.25, 0.3) is 121 Å². The smallest absolute Gasteiger partial charge is 0.0568 e. The van der Waals surface area contributed by atoms with Crippen LogP contribution in [0.5, 0.6) is 0 Å². The zero-order valence-electron chi connectivity index (χ0n) is 32.6. The second-order valence-corrected chi connectivity index (χ2v) is 15.7. The van der Waals surface area contributed by atoms with Gasteiger partial charge in [0.1, 0.15) is 0 Å². The Morgan fingerprint density at radius 1 is 0.322 bits per heavy atom. The predicted octanol–water partition coefficient (Wildman–Crippen LogP) is 15.6. The number of fused-ring (bicyclic) bond motifs is 8. The number of benzene rings is 10. The third kappa shape index (κ3) is 5.13. The van der Waals surface area contributed by atoms with Gasteiger partial charge in [0.25, 0.3) is 0 Å². The van der Waals surface area contributed by atoms with Crippen molar-refractivity contribution in [3.05, 3.63) is 206 Å². The van der Waals surface area contributed by atoms with Crippen LogP contribution in [-0.2, 0) is 7.05 Å². The van der Waals surface area contributed by atoms with Crippen LogP contribution in [0.3, 0.4) is 0 Å². The first-order chi connectivity index (χ1) is 29.2. The number of nitrogens with zero attached hydrogens (tertiary/aromatic N) is 1. The van der Waals surface area contributed by atoms with Crippen LogP contribution in [0.2, 0.25) is 0 Å². The molecule has 0 aliphatic carbocycles. The largest absolute Gasteiger partial charge is 0.354 e. The fourth-order valence-corrected chi connectivity index (χ4v) is 9.91. The van der Waals surface area contributed by atoms with Gasteiger partial charge in [-0.2, -0.15) is 0 Å². The summed E-state index contributed by atoms with van der Waals surface area (Å²) in [5.41, 5.74) is 16.9. The summed E-state index contributed by atoms with van der Waals surface area (Å²) in [5, 5.41) is 9.95. The fraction of sp³-hybridized carbons (Fsp3) is 0.0175. The van der Waals surface area contributed by atoms with Gasteiger partial charge in [-0.15, -0.1) is 0 Å². The van der Waals surface area contributed by atoms with E-state index in [-0.39, 0.29) is 0 Å². The fourth-order valence-electron chi connectivity index (χ4n) is 9.91. The van der Waals surface area contributed by atoms with Gasteiger partial charge in [-0.3, -0.25) is 0 Å². The molecule has 0 saturated carbocycles. The van der Waals surface area contributed by atoms with E-state index in [1.165, 1.54) is 110 Å². The molecule has 12 aromatic rings. The van der Waals surface area contributed by atoms with Crippen molar-refractivity contribution in [1.82, 2.24) is 9.55 Å². The molecule has 0 radical (unpaired) electrons. The highest BCUT2D eigenvalue weighted by molar-refractivity contribution is 6.23. The molecule has 0 aliphatic rings. The van der Waals surface area contributed by atoms with E-state index < -0.39 is 0 Å². The number of rotatable bonds is 5. The molecular formula is C57H38N2. The molecule has 0 unspecified atom stereocenters. The Morgan fingerprint density at radius 2 is 0.881 bits per heavy atom. The van der Waals surface area contributed by atoms with Gasteiger partial charge in [0, 0.05) is 50.8 Å². The van der Waals surface area contributed by atoms with Crippen LogP contribution in [0, 0.1) is 0 Å². The Hall–Kier alpha value is -7.68. The molecule has 10 aromatic carbocycles. The molecule has 2 nitrogen and oxygen atoms in total. The number of aryl methyl sites for hydroxylation is 1. The lowest BCUT2D eigenvalue weighted by Gasteiger charge is -2.20. The summed E-state index contributed by atoms with van der Waals surface area (Å²) in [4.78, 5) is 3.82. The van der Waals surface area contributed by atoms with Gasteiger partial charge in [-0.05, 0) is 90.3 Å². The second-order valence-electron chi connectivity index (χ2n) is 15.7. The summed E-state index contributed by atoms with van der Waals surface area (Å²) in [6, 6.07) is 75.9. The number of hydrogen-bond acceptors (Lipinski definition) is 0. The van der Waals surface area contributed by atoms with Crippen LogP contribution < -0.4 is 0 Å². The van der Waals surface area contributed by atoms with Crippen LogP contribution >= 0.6 is 0 Å². The van der Waals surface area contributed by atoms with Gasteiger partial charge in [0.2, 0.25) is 0 Å². The number of aromatic nitrogens is 2. The highest BCUT2D eigenvalue weighted by atomic mass is 14.9.